The Labute approximate surface area is 150 Å². The molecule has 0 amide bonds. The molecule has 11 heteroatoms. The number of nitrogens with zero attached hydrogens (tertiary/aromatic N) is 4. The number of hydrogen-bond acceptors (Lipinski definition) is 7. The minimum absolute atomic E-state index is 0.0193. The van der Waals surface area contributed by atoms with E-state index in [0.717, 1.165) is 21.7 Å². The molecular formula is C16H15F2N7O2. The lowest BCUT2D eigenvalue weighted by atomic mass is 10.2. The normalized spacial score (nSPS) is 10.9. The van der Waals surface area contributed by atoms with Crippen molar-refractivity contribution < 1.29 is 8.78 Å². The highest BCUT2D eigenvalue weighted by Crippen LogP contribution is 2.29. The summed E-state index contributed by atoms with van der Waals surface area (Å²) in [5.41, 5.74) is 4.34. The predicted octanol–water partition coefficient (Wildman–Crippen LogP) is 0.805. The quantitative estimate of drug-likeness (QED) is 0.350. The number of benzene rings is 1. The lowest BCUT2D eigenvalue weighted by Gasteiger charge is -2.22. The summed E-state index contributed by atoms with van der Waals surface area (Å²) in [7, 11) is 0. The van der Waals surface area contributed by atoms with Gasteiger partial charge in [0.25, 0.3) is 5.56 Å². The van der Waals surface area contributed by atoms with E-state index in [9.17, 15) is 18.4 Å². The maximum Gasteiger partial charge on any atom is 0.334 e. The van der Waals surface area contributed by atoms with Gasteiger partial charge in [-0.3, -0.25) is 9.80 Å². The fraction of sp³-hybridized carbons (Fsp3) is 0.125. The maximum atomic E-state index is 13.6. The third-order valence-corrected chi connectivity index (χ3v) is 3.84. The Kier molecular flexibility index (Phi) is 4.45. The second kappa shape index (κ2) is 6.61. The van der Waals surface area contributed by atoms with E-state index < -0.39 is 22.9 Å². The molecule has 0 fully saturated rings. The molecule has 0 unspecified atom stereocenters. The largest absolute Gasteiger partial charge is 0.397 e. The van der Waals surface area contributed by atoms with Crippen LogP contribution in [0.4, 0.5) is 25.8 Å². The molecule has 2 heterocycles. The highest BCUT2D eigenvalue weighted by atomic mass is 19.2. The number of hydrogen-bond donors (Lipinski definition) is 3. The number of anilines is 3. The molecule has 0 aliphatic carbocycles. The third kappa shape index (κ3) is 3.15. The number of aryl methyl sites for hydroxylation is 2. The SMILES string of the molecule is Cc1cnnc(-n2c(=O)[nH]c(C)c(N(N)c3cc(F)c(F)cc3N)c2=O)c1. The molecule has 0 spiro atoms. The number of H-pyrrole nitrogens is 1. The summed E-state index contributed by atoms with van der Waals surface area (Å²) in [6.45, 7) is 3.14. The Hall–Kier alpha value is -3.60. The van der Waals surface area contributed by atoms with Crippen molar-refractivity contribution >= 4 is 17.1 Å². The zero-order valence-corrected chi connectivity index (χ0v) is 14.3. The van der Waals surface area contributed by atoms with Crippen molar-refractivity contribution in [1.82, 2.24) is 19.7 Å². The van der Waals surface area contributed by atoms with Crippen LogP contribution in [0.1, 0.15) is 11.3 Å². The number of nitrogens with one attached hydrogen (secondary N) is 1. The first-order valence-corrected chi connectivity index (χ1v) is 7.65. The van der Waals surface area contributed by atoms with Crippen LogP contribution in [0.25, 0.3) is 5.82 Å². The van der Waals surface area contributed by atoms with Crippen molar-refractivity contribution in [3.8, 4) is 5.82 Å². The van der Waals surface area contributed by atoms with Crippen molar-refractivity contribution in [2.24, 2.45) is 5.84 Å². The highest BCUT2D eigenvalue weighted by molar-refractivity contribution is 5.74. The molecule has 0 aliphatic rings. The van der Waals surface area contributed by atoms with Crippen molar-refractivity contribution in [1.29, 1.82) is 0 Å². The van der Waals surface area contributed by atoms with E-state index in [2.05, 4.69) is 15.2 Å². The molecule has 0 saturated carbocycles. The molecule has 0 atom stereocenters. The van der Waals surface area contributed by atoms with Gasteiger partial charge in [-0.2, -0.15) is 5.10 Å². The molecule has 1 aromatic carbocycles. The van der Waals surface area contributed by atoms with Gasteiger partial charge in [0.2, 0.25) is 0 Å². The number of nitrogens with two attached hydrogens (primary N) is 2. The average molecular weight is 375 g/mol. The van der Waals surface area contributed by atoms with Gasteiger partial charge in [0.15, 0.2) is 17.5 Å². The Morgan fingerprint density at radius 1 is 1.15 bits per heavy atom. The van der Waals surface area contributed by atoms with Crippen molar-refractivity contribution in [2.75, 3.05) is 10.7 Å². The van der Waals surface area contributed by atoms with Gasteiger partial charge < -0.3 is 10.7 Å². The molecule has 3 aromatic rings. The standard InChI is InChI=1S/C16H15F2N7O2/c1-7-3-13(23-21-6-7)24-15(26)14(8(2)22-16(24)27)25(20)12-5-10(18)9(17)4-11(12)19/h3-6H,19-20H2,1-2H3,(H,22,27). The van der Waals surface area contributed by atoms with Gasteiger partial charge in [-0.1, -0.05) is 0 Å². The zero-order chi connectivity index (χ0) is 19.9. The Morgan fingerprint density at radius 3 is 2.48 bits per heavy atom. The summed E-state index contributed by atoms with van der Waals surface area (Å²) in [6, 6.07) is 2.98. The lowest BCUT2D eigenvalue weighted by molar-refractivity contribution is 0.509. The molecule has 5 N–H and O–H groups in total. The van der Waals surface area contributed by atoms with Gasteiger partial charge >= 0.3 is 5.69 Å². The number of aromatic amines is 1. The third-order valence-electron chi connectivity index (χ3n) is 3.84. The number of hydrazine groups is 1. The first kappa shape index (κ1) is 18.2. The molecule has 0 aliphatic heterocycles. The van der Waals surface area contributed by atoms with Crippen LogP contribution in [-0.2, 0) is 0 Å². The van der Waals surface area contributed by atoms with Gasteiger partial charge in [0.05, 0.1) is 17.6 Å². The fourth-order valence-electron chi connectivity index (χ4n) is 2.56. The predicted molar refractivity (Wildman–Crippen MR) is 94.8 cm³/mol. The highest BCUT2D eigenvalue weighted by Gasteiger charge is 2.21. The minimum Gasteiger partial charge on any atom is -0.397 e. The van der Waals surface area contributed by atoms with Gasteiger partial charge in [0, 0.05) is 17.8 Å². The number of nitrogen functional groups attached to an aromatic ring is 1. The molecule has 9 nitrogen and oxygen atoms in total. The summed E-state index contributed by atoms with van der Waals surface area (Å²) in [5.74, 6) is 3.59. The Morgan fingerprint density at radius 2 is 1.81 bits per heavy atom. The fourth-order valence-corrected chi connectivity index (χ4v) is 2.56. The van der Waals surface area contributed by atoms with Crippen molar-refractivity contribution in [3.05, 3.63) is 68.1 Å². The van der Waals surface area contributed by atoms with Crippen LogP contribution in [0.2, 0.25) is 0 Å². The van der Waals surface area contributed by atoms with Gasteiger partial charge in [-0.15, -0.1) is 5.10 Å². The van der Waals surface area contributed by atoms with E-state index in [1.54, 1.807) is 6.92 Å². The van der Waals surface area contributed by atoms with E-state index in [0.29, 0.717) is 5.56 Å². The molecule has 140 valence electrons. The second-order valence-electron chi connectivity index (χ2n) is 5.83. The molecule has 2 aromatic heterocycles. The molecular weight excluding hydrogens is 360 g/mol. The van der Waals surface area contributed by atoms with Crippen LogP contribution in [-0.4, -0.2) is 19.7 Å². The van der Waals surface area contributed by atoms with E-state index in [4.69, 9.17) is 11.6 Å². The number of halogens is 2. The number of aromatic nitrogens is 4. The summed E-state index contributed by atoms with van der Waals surface area (Å²) >= 11 is 0. The summed E-state index contributed by atoms with van der Waals surface area (Å²) in [6.07, 6.45) is 1.45. The molecule has 0 radical (unpaired) electrons. The summed E-state index contributed by atoms with van der Waals surface area (Å²) in [5, 5.41) is 8.27. The van der Waals surface area contributed by atoms with Crippen molar-refractivity contribution in [3.63, 3.8) is 0 Å². The molecule has 0 bridgehead atoms. The zero-order valence-electron chi connectivity index (χ0n) is 14.3. The van der Waals surface area contributed by atoms with Gasteiger partial charge in [-0.25, -0.2) is 24.0 Å². The van der Waals surface area contributed by atoms with Crippen LogP contribution < -0.4 is 27.8 Å². The summed E-state index contributed by atoms with van der Waals surface area (Å²) in [4.78, 5) is 27.7. The van der Waals surface area contributed by atoms with E-state index in [1.165, 1.54) is 19.2 Å². The van der Waals surface area contributed by atoms with Crippen molar-refractivity contribution in [2.45, 2.75) is 13.8 Å². The van der Waals surface area contributed by atoms with Crippen LogP contribution in [0.3, 0.4) is 0 Å². The van der Waals surface area contributed by atoms with E-state index in [1.807, 2.05) is 0 Å². The molecule has 27 heavy (non-hydrogen) atoms. The van der Waals surface area contributed by atoms with Gasteiger partial charge in [0.1, 0.15) is 5.69 Å². The van der Waals surface area contributed by atoms with Crippen LogP contribution >= 0.6 is 0 Å². The smallest absolute Gasteiger partial charge is 0.334 e. The Balaban J connectivity index is 2.26. The van der Waals surface area contributed by atoms with Gasteiger partial charge in [-0.05, 0) is 25.5 Å². The Bertz CT molecular complexity index is 1160. The topological polar surface area (TPSA) is 136 Å². The average Bonchev–Trinajstić information content (AvgIpc) is 2.57. The maximum absolute atomic E-state index is 13.6. The van der Waals surface area contributed by atoms with E-state index >= 15 is 0 Å². The summed E-state index contributed by atoms with van der Waals surface area (Å²) < 4.78 is 27.7. The lowest BCUT2D eigenvalue weighted by Crippen LogP contribution is -2.41. The van der Waals surface area contributed by atoms with E-state index in [-0.39, 0.29) is 28.6 Å². The van der Waals surface area contributed by atoms with Crippen LogP contribution in [0, 0.1) is 25.5 Å². The monoisotopic (exact) mass is 375 g/mol. The van der Waals surface area contributed by atoms with Crippen LogP contribution in [0.15, 0.2) is 34.0 Å². The number of rotatable bonds is 3. The molecule has 0 saturated heterocycles. The first-order valence-electron chi connectivity index (χ1n) is 7.65. The van der Waals surface area contributed by atoms with Crippen LogP contribution in [0.5, 0.6) is 0 Å². The minimum atomic E-state index is -1.19. The molecule has 3 rings (SSSR count). The first-order chi connectivity index (χ1) is 12.7. The second-order valence-corrected chi connectivity index (χ2v) is 5.83.